The molecule has 0 aromatic carbocycles. The zero-order valence-electron chi connectivity index (χ0n) is 10.8. The van der Waals surface area contributed by atoms with Gasteiger partial charge in [0.25, 0.3) is 0 Å². The first-order chi connectivity index (χ1) is 7.27. The minimum absolute atomic E-state index is 0.0176. The van der Waals surface area contributed by atoms with E-state index in [-0.39, 0.29) is 11.2 Å². The molecule has 1 rings (SSSR count). The Morgan fingerprint density at radius 3 is 2.50 bits per heavy atom. The highest BCUT2D eigenvalue weighted by Crippen LogP contribution is 2.46. The molecule has 1 atom stereocenters. The van der Waals surface area contributed by atoms with Gasteiger partial charge in [0, 0.05) is 11.8 Å². The molecule has 0 N–H and O–H groups in total. The van der Waals surface area contributed by atoms with Crippen molar-refractivity contribution in [3.05, 3.63) is 47.4 Å². The molecular formula is C15H21F. The Balaban J connectivity index is 3.01. The summed E-state index contributed by atoms with van der Waals surface area (Å²) in [4.78, 5) is 0. The van der Waals surface area contributed by atoms with Crippen molar-refractivity contribution < 1.29 is 4.39 Å². The van der Waals surface area contributed by atoms with Gasteiger partial charge in [-0.1, -0.05) is 42.9 Å². The Labute approximate surface area is 98.2 Å². The molecule has 0 fully saturated rings. The van der Waals surface area contributed by atoms with E-state index >= 15 is 0 Å². The lowest BCUT2D eigenvalue weighted by Crippen LogP contribution is -2.24. The summed E-state index contributed by atoms with van der Waals surface area (Å²) in [6.07, 6.45) is 3.14. The molecule has 1 aliphatic carbocycles. The predicted molar refractivity (Wildman–Crippen MR) is 68.9 cm³/mol. The minimum atomic E-state index is -0.247. The SMILES string of the molecule is C=C(C)CC(=C)C1(C)CC(F)=C(C)C=C1C. The highest BCUT2D eigenvalue weighted by Gasteiger charge is 2.33. The number of allylic oxidation sites excluding steroid dienone is 6. The molecule has 0 aromatic rings. The van der Waals surface area contributed by atoms with Gasteiger partial charge in [-0.2, -0.15) is 0 Å². The van der Waals surface area contributed by atoms with Crippen LogP contribution in [0.3, 0.4) is 0 Å². The van der Waals surface area contributed by atoms with Gasteiger partial charge in [-0.05, 0) is 32.8 Å². The average molecular weight is 220 g/mol. The second-order valence-corrected chi connectivity index (χ2v) is 5.16. The fourth-order valence-electron chi connectivity index (χ4n) is 2.11. The third kappa shape index (κ3) is 2.34. The monoisotopic (exact) mass is 220 g/mol. The fourth-order valence-corrected chi connectivity index (χ4v) is 2.11. The van der Waals surface area contributed by atoms with E-state index in [1.807, 2.05) is 19.9 Å². The Morgan fingerprint density at radius 1 is 1.44 bits per heavy atom. The van der Waals surface area contributed by atoms with Gasteiger partial charge in [0.2, 0.25) is 0 Å². The maximum atomic E-state index is 13.7. The molecule has 1 heteroatoms. The summed E-state index contributed by atoms with van der Waals surface area (Å²) in [5.74, 6) is -0.0176. The van der Waals surface area contributed by atoms with Crippen molar-refractivity contribution in [1.82, 2.24) is 0 Å². The van der Waals surface area contributed by atoms with Crippen molar-refractivity contribution in [2.45, 2.75) is 40.5 Å². The number of rotatable bonds is 3. The topological polar surface area (TPSA) is 0 Å². The van der Waals surface area contributed by atoms with Gasteiger partial charge in [0.1, 0.15) is 5.83 Å². The summed E-state index contributed by atoms with van der Waals surface area (Å²) in [6.45, 7) is 15.9. The molecule has 0 amide bonds. The largest absolute Gasteiger partial charge is 0.211 e. The number of hydrogen-bond donors (Lipinski definition) is 0. The third-order valence-corrected chi connectivity index (χ3v) is 3.54. The minimum Gasteiger partial charge on any atom is -0.211 e. The van der Waals surface area contributed by atoms with E-state index in [2.05, 4.69) is 27.0 Å². The van der Waals surface area contributed by atoms with Gasteiger partial charge >= 0.3 is 0 Å². The Bertz CT molecular complexity index is 396. The summed E-state index contributed by atoms with van der Waals surface area (Å²) in [5.41, 5.74) is 3.82. The van der Waals surface area contributed by atoms with E-state index < -0.39 is 0 Å². The van der Waals surface area contributed by atoms with E-state index in [9.17, 15) is 4.39 Å². The Morgan fingerprint density at radius 2 is 2.00 bits per heavy atom. The van der Waals surface area contributed by atoms with Gasteiger partial charge in [-0.25, -0.2) is 4.39 Å². The van der Waals surface area contributed by atoms with Crippen molar-refractivity contribution in [3.63, 3.8) is 0 Å². The van der Waals surface area contributed by atoms with Gasteiger partial charge in [0.15, 0.2) is 0 Å². The van der Waals surface area contributed by atoms with Crippen LogP contribution >= 0.6 is 0 Å². The zero-order chi connectivity index (χ0) is 12.5. The maximum absolute atomic E-state index is 13.7. The van der Waals surface area contributed by atoms with E-state index in [1.165, 1.54) is 5.57 Å². The van der Waals surface area contributed by atoms with Gasteiger partial charge in [0.05, 0.1) is 0 Å². The van der Waals surface area contributed by atoms with Crippen LogP contribution in [0.5, 0.6) is 0 Å². The average Bonchev–Trinajstić information content (AvgIpc) is 2.13. The smallest absolute Gasteiger partial charge is 0.104 e. The molecule has 0 saturated heterocycles. The molecule has 0 nitrogen and oxygen atoms in total. The van der Waals surface area contributed by atoms with E-state index in [0.717, 1.165) is 23.1 Å². The highest BCUT2D eigenvalue weighted by molar-refractivity contribution is 5.39. The molecule has 0 radical (unpaired) electrons. The number of halogens is 1. The second-order valence-electron chi connectivity index (χ2n) is 5.16. The molecule has 0 aliphatic heterocycles. The van der Waals surface area contributed by atoms with Crippen molar-refractivity contribution in [1.29, 1.82) is 0 Å². The first-order valence-electron chi connectivity index (χ1n) is 5.64. The van der Waals surface area contributed by atoms with Crippen molar-refractivity contribution in [3.8, 4) is 0 Å². The van der Waals surface area contributed by atoms with Crippen LogP contribution in [-0.2, 0) is 0 Å². The molecule has 1 unspecified atom stereocenters. The van der Waals surface area contributed by atoms with Crippen LogP contribution in [0.1, 0.15) is 40.5 Å². The second kappa shape index (κ2) is 4.40. The summed E-state index contributed by atoms with van der Waals surface area (Å²) in [7, 11) is 0. The van der Waals surface area contributed by atoms with Gasteiger partial charge < -0.3 is 0 Å². The van der Waals surface area contributed by atoms with E-state index in [0.29, 0.717) is 6.42 Å². The van der Waals surface area contributed by atoms with Crippen LogP contribution in [0.25, 0.3) is 0 Å². The Kier molecular flexibility index (Phi) is 3.57. The first kappa shape index (κ1) is 13.0. The molecule has 0 bridgehead atoms. The molecule has 0 saturated carbocycles. The molecule has 0 heterocycles. The van der Waals surface area contributed by atoms with E-state index in [1.54, 1.807) is 0 Å². The Hall–Kier alpha value is -1.11. The standard InChI is InChI=1S/C15H21F/c1-10(2)7-12(4)15(6)9-14(16)11(3)8-13(15)5/h8H,1,4,7,9H2,2-3,5-6H3. The molecular weight excluding hydrogens is 199 g/mol. The molecule has 0 spiro atoms. The van der Waals surface area contributed by atoms with Crippen molar-refractivity contribution in [2.75, 3.05) is 0 Å². The van der Waals surface area contributed by atoms with Crippen LogP contribution < -0.4 is 0 Å². The maximum Gasteiger partial charge on any atom is 0.104 e. The lowest BCUT2D eigenvalue weighted by Gasteiger charge is -2.36. The van der Waals surface area contributed by atoms with Crippen LogP contribution in [0.15, 0.2) is 47.4 Å². The van der Waals surface area contributed by atoms with E-state index in [4.69, 9.17) is 0 Å². The van der Waals surface area contributed by atoms with Gasteiger partial charge in [-0.3, -0.25) is 0 Å². The zero-order valence-corrected chi connectivity index (χ0v) is 10.8. The molecule has 1 aliphatic rings. The fraction of sp³-hybridized carbons (Fsp3) is 0.467. The number of hydrogen-bond acceptors (Lipinski definition) is 0. The highest BCUT2D eigenvalue weighted by atomic mass is 19.1. The van der Waals surface area contributed by atoms with Crippen molar-refractivity contribution in [2.24, 2.45) is 5.41 Å². The lowest BCUT2D eigenvalue weighted by atomic mass is 9.69. The molecule has 16 heavy (non-hydrogen) atoms. The van der Waals surface area contributed by atoms with Crippen LogP contribution in [0, 0.1) is 5.41 Å². The first-order valence-corrected chi connectivity index (χ1v) is 5.64. The summed E-state index contributed by atoms with van der Waals surface area (Å²) >= 11 is 0. The molecule has 0 aromatic heterocycles. The van der Waals surface area contributed by atoms with Gasteiger partial charge in [-0.15, -0.1) is 0 Å². The summed E-state index contributed by atoms with van der Waals surface area (Å²) < 4.78 is 13.7. The van der Waals surface area contributed by atoms with Crippen LogP contribution in [-0.4, -0.2) is 0 Å². The molecule has 88 valence electrons. The van der Waals surface area contributed by atoms with Crippen LogP contribution in [0.2, 0.25) is 0 Å². The summed E-state index contributed by atoms with van der Waals surface area (Å²) in [6, 6.07) is 0. The quantitative estimate of drug-likeness (QED) is 0.580. The lowest BCUT2D eigenvalue weighted by molar-refractivity contribution is 0.401. The normalized spacial score (nSPS) is 25.4. The summed E-state index contributed by atoms with van der Waals surface area (Å²) in [5, 5.41) is 0. The predicted octanol–water partition coefficient (Wildman–Crippen LogP) is 5.11. The van der Waals surface area contributed by atoms with Crippen molar-refractivity contribution >= 4 is 0 Å². The van der Waals surface area contributed by atoms with Crippen LogP contribution in [0.4, 0.5) is 4.39 Å². The third-order valence-electron chi connectivity index (χ3n) is 3.54.